The summed E-state index contributed by atoms with van der Waals surface area (Å²) in [4.78, 5) is 128. The number of ether oxygens (including phenoxy) is 5. The SMILES string of the molecule is C#CCCCC(=O)N(CCNC(=O)CCCc1cn(CCOCCOCCOCCOCCC(=O)N[C@H](C(=O)CC(CCCNC(N)=O)C(=O)Nc2ccc(COC(C)=O)cc2)C(C)C)nn1)CCN(CCSCCC(=O)NCCCC(=O)CC)C(=O)CC. The van der Waals surface area contributed by atoms with Crippen molar-refractivity contribution in [2.75, 3.05) is 115 Å². The van der Waals surface area contributed by atoms with Crippen molar-refractivity contribution in [2.24, 2.45) is 17.6 Å². The van der Waals surface area contributed by atoms with Crippen molar-refractivity contribution < 1.29 is 71.6 Å². The number of hydrogen-bond acceptors (Lipinski definition) is 18. The van der Waals surface area contributed by atoms with Crippen LogP contribution in [0.15, 0.2) is 30.5 Å². The molecule has 89 heavy (non-hydrogen) atoms. The van der Waals surface area contributed by atoms with Crippen LogP contribution in [0.3, 0.4) is 0 Å². The second kappa shape index (κ2) is 48.9. The maximum atomic E-state index is 13.6. The number of primary amides is 1. The standard InChI is InChI=1S/C62H99N11O15S/c1-7-10-11-19-59(81)71(30-31-72(58(80)9-3)33-43-89-42-25-56(78)64-26-14-17-53(75)8-2)29-28-65-55(77)18-12-16-52-45-73(70-69-52)32-35-85-37-39-87-41-40-86-38-36-84-34-24-57(79)68-60(47(4)5)54(76)44-50(15-13-27-66-62(63)83)61(82)67-51-22-20-49(21-23-51)46-88-48(6)74/h1,20-23,45,47,50,60H,8-19,24-44,46H2,2-6H3,(H,64,78)(H,65,77)(H,67,82)(H,68,79)(H3,63,66,83)/t50?,60-/m0/s1. The first-order valence-corrected chi connectivity index (χ1v) is 32.2. The highest BCUT2D eigenvalue weighted by Crippen LogP contribution is 2.20. The zero-order valence-electron chi connectivity index (χ0n) is 53.1. The highest BCUT2D eigenvalue weighted by Gasteiger charge is 2.30. The summed E-state index contributed by atoms with van der Waals surface area (Å²) in [6.45, 7) is 13.8. The number of nitrogens with two attached hydrogens (primary N) is 1. The lowest BCUT2D eigenvalue weighted by molar-refractivity contribution is -0.142. The van der Waals surface area contributed by atoms with E-state index in [9.17, 15) is 47.9 Å². The minimum absolute atomic E-state index is 0.00622. The Kier molecular flexibility index (Phi) is 42.9. The molecule has 2 rings (SSSR count). The summed E-state index contributed by atoms with van der Waals surface area (Å²) in [5.41, 5.74) is 7.14. The molecule has 2 atom stereocenters. The van der Waals surface area contributed by atoms with E-state index in [1.165, 1.54) is 6.92 Å². The van der Waals surface area contributed by atoms with Crippen molar-refractivity contribution in [1.29, 1.82) is 0 Å². The van der Waals surface area contributed by atoms with Crippen molar-refractivity contribution in [2.45, 2.75) is 150 Å². The number of thioether (sulfide) groups is 1. The predicted molar refractivity (Wildman–Crippen MR) is 337 cm³/mol. The minimum atomic E-state index is -0.847. The molecule has 26 nitrogen and oxygen atoms in total. The van der Waals surface area contributed by atoms with Gasteiger partial charge in [0.25, 0.3) is 0 Å². The number of carbonyl (C=O) groups is 10. The van der Waals surface area contributed by atoms with Gasteiger partial charge in [0.2, 0.25) is 35.4 Å². The first kappa shape index (κ1) is 78.1. The van der Waals surface area contributed by atoms with Crippen LogP contribution in [0.25, 0.3) is 0 Å². The molecule has 2 aromatic rings. The van der Waals surface area contributed by atoms with E-state index in [0.717, 1.165) is 11.3 Å². The van der Waals surface area contributed by atoms with Gasteiger partial charge in [-0.1, -0.05) is 45.0 Å². The largest absolute Gasteiger partial charge is 0.461 e. The number of nitrogens with one attached hydrogen (secondary N) is 5. The summed E-state index contributed by atoms with van der Waals surface area (Å²) >= 11 is 1.58. The molecule has 0 spiro atoms. The summed E-state index contributed by atoms with van der Waals surface area (Å²) < 4.78 is 29.1. The molecule has 0 aliphatic rings. The van der Waals surface area contributed by atoms with E-state index in [-0.39, 0.29) is 125 Å². The van der Waals surface area contributed by atoms with E-state index in [1.807, 2.05) is 13.1 Å². The second-order valence-corrected chi connectivity index (χ2v) is 22.5. The number of aromatic nitrogens is 3. The number of aryl methyl sites for hydroxylation is 1. The molecule has 0 aliphatic heterocycles. The van der Waals surface area contributed by atoms with Gasteiger partial charge in [-0.3, -0.25) is 43.2 Å². The highest BCUT2D eigenvalue weighted by molar-refractivity contribution is 7.99. The summed E-state index contributed by atoms with van der Waals surface area (Å²) in [6, 6.07) is 5.20. The highest BCUT2D eigenvalue weighted by atomic mass is 32.2. The number of anilines is 1. The molecule has 1 heterocycles. The third-order valence-electron chi connectivity index (χ3n) is 13.7. The number of nitrogens with zero attached hydrogens (tertiary/aromatic N) is 5. The molecule has 0 saturated carbocycles. The Morgan fingerprint density at radius 2 is 1.33 bits per heavy atom. The van der Waals surface area contributed by atoms with Gasteiger partial charge in [0, 0.05) is 140 Å². The molecule has 1 aromatic carbocycles. The Hall–Kier alpha value is -6.99. The average molecular weight is 1270 g/mol. The second-order valence-electron chi connectivity index (χ2n) is 21.3. The lowest BCUT2D eigenvalue weighted by atomic mass is 9.89. The molecular formula is C62H99N11O15S. The van der Waals surface area contributed by atoms with Gasteiger partial charge in [-0.25, -0.2) is 9.48 Å². The zero-order chi connectivity index (χ0) is 65.4. The number of benzene rings is 1. The van der Waals surface area contributed by atoms with E-state index in [4.69, 9.17) is 35.8 Å². The summed E-state index contributed by atoms with van der Waals surface area (Å²) in [7, 11) is 0. The van der Waals surface area contributed by atoms with Crippen LogP contribution in [-0.4, -0.2) is 200 Å². The fourth-order valence-corrected chi connectivity index (χ4v) is 9.52. The van der Waals surface area contributed by atoms with Gasteiger partial charge in [-0.2, -0.15) is 11.8 Å². The Labute approximate surface area is 529 Å². The van der Waals surface area contributed by atoms with E-state index in [2.05, 4.69) is 42.8 Å². The van der Waals surface area contributed by atoms with Crippen molar-refractivity contribution >= 4 is 76.5 Å². The number of rotatable bonds is 53. The summed E-state index contributed by atoms with van der Waals surface area (Å²) in [5, 5.41) is 22.3. The normalized spacial score (nSPS) is 11.7. The van der Waals surface area contributed by atoms with Gasteiger partial charge in [0.15, 0.2) is 5.78 Å². The third-order valence-corrected chi connectivity index (χ3v) is 14.7. The number of carbonyl (C=O) groups excluding carboxylic acids is 10. The van der Waals surface area contributed by atoms with Crippen LogP contribution in [0, 0.1) is 24.2 Å². The molecule has 7 N–H and O–H groups in total. The lowest BCUT2D eigenvalue weighted by Gasteiger charge is -2.28. The fraction of sp³-hybridized carbons (Fsp3) is 0.677. The van der Waals surface area contributed by atoms with Crippen molar-refractivity contribution in [3.8, 4) is 12.3 Å². The van der Waals surface area contributed by atoms with Gasteiger partial charge < -0.3 is 65.8 Å². The maximum Gasteiger partial charge on any atom is 0.312 e. The van der Waals surface area contributed by atoms with E-state index >= 15 is 0 Å². The molecular weight excluding hydrogens is 1170 g/mol. The van der Waals surface area contributed by atoms with Crippen molar-refractivity contribution in [1.82, 2.24) is 46.1 Å². The molecule has 1 unspecified atom stereocenters. The number of esters is 1. The van der Waals surface area contributed by atoms with Crippen LogP contribution >= 0.6 is 11.8 Å². The number of urea groups is 1. The lowest BCUT2D eigenvalue weighted by Crippen LogP contribution is -2.45. The van der Waals surface area contributed by atoms with Crippen LogP contribution < -0.4 is 32.3 Å². The smallest absolute Gasteiger partial charge is 0.312 e. The molecule has 0 aliphatic carbocycles. The molecule has 0 bridgehead atoms. The van der Waals surface area contributed by atoms with Crippen molar-refractivity contribution in [3.63, 3.8) is 0 Å². The minimum Gasteiger partial charge on any atom is -0.461 e. The topological polar surface area (TPSA) is 340 Å². The van der Waals surface area contributed by atoms with E-state index in [1.54, 1.807) is 71.3 Å². The summed E-state index contributed by atoms with van der Waals surface area (Å²) in [6.07, 6.45) is 12.6. The quantitative estimate of drug-likeness (QED) is 0.0311. The molecule has 0 fully saturated rings. The van der Waals surface area contributed by atoms with E-state index in [0.29, 0.717) is 147 Å². The van der Waals surface area contributed by atoms with Crippen LogP contribution in [-0.2, 0) is 86.4 Å². The monoisotopic (exact) mass is 1270 g/mol. The number of terminal acetylenes is 1. The third kappa shape index (κ3) is 38.9. The number of ketones is 2. The molecule has 498 valence electrons. The zero-order valence-corrected chi connectivity index (χ0v) is 53.9. The Bertz CT molecular complexity index is 2480. The fourth-order valence-electron chi connectivity index (χ4n) is 8.64. The van der Waals surface area contributed by atoms with Crippen LogP contribution in [0.5, 0.6) is 0 Å². The van der Waals surface area contributed by atoms with Crippen LogP contribution in [0.4, 0.5) is 10.5 Å². The summed E-state index contributed by atoms with van der Waals surface area (Å²) in [5.74, 6) is 1.08. The first-order chi connectivity index (χ1) is 42.8. The van der Waals surface area contributed by atoms with Crippen LogP contribution in [0.2, 0.25) is 0 Å². The average Bonchev–Trinajstić information content (AvgIpc) is 3.72. The number of unbranched alkanes of at least 4 members (excludes halogenated alkanes) is 1. The molecule has 8 amide bonds. The molecule has 0 radical (unpaired) electrons. The van der Waals surface area contributed by atoms with Gasteiger partial charge in [-0.15, -0.1) is 17.4 Å². The van der Waals surface area contributed by atoms with Gasteiger partial charge >= 0.3 is 12.0 Å². The van der Waals surface area contributed by atoms with Gasteiger partial charge in [0.1, 0.15) is 12.4 Å². The van der Waals surface area contributed by atoms with Crippen LogP contribution in [0.1, 0.15) is 136 Å². The number of hydrogen-bond donors (Lipinski definition) is 6. The van der Waals surface area contributed by atoms with Gasteiger partial charge in [0.05, 0.1) is 71.1 Å². The number of amides is 8. The number of Topliss-reactive ketones (excluding diaryl/α,β-unsaturated/α-hetero) is 2. The Balaban J connectivity index is 1.61. The van der Waals surface area contributed by atoms with Crippen molar-refractivity contribution in [3.05, 3.63) is 41.7 Å². The van der Waals surface area contributed by atoms with E-state index < -0.39 is 29.9 Å². The molecule has 0 saturated heterocycles. The molecule has 27 heteroatoms. The van der Waals surface area contributed by atoms with Gasteiger partial charge in [-0.05, 0) is 62.1 Å². The Morgan fingerprint density at radius 1 is 0.685 bits per heavy atom. The predicted octanol–water partition coefficient (Wildman–Crippen LogP) is 3.91. The molecule has 1 aromatic heterocycles. The Morgan fingerprint density at radius 3 is 1.97 bits per heavy atom. The first-order valence-electron chi connectivity index (χ1n) is 31.1. The maximum absolute atomic E-state index is 13.6.